The van der Waals surface area contributed by atoms with Crippen LogP contribution in [0.15, 0.2) is 91.1 Å². The third-order valence-electron chi connectivity index (χ3n) is 6.57. The second-order valence-electron chi connectivity index (χ2n) is 8.92. The number of aryl methyl sites for hydroxylation is 1. The van der Waals surface area contributed by atoms with E-state index in [4.69, 9.17) is 17.0 Å². The van der Waals surface area contributed by atoms with E-state index >= 15 is 0 Å². The summed E-state index contributed by atoms with van der Waals surface area (Å²) in [6.07, 6.45) is 2.09. The minimum Gasteiger partial charge on any atom is -0.497 e. The summed E-state index contributed by atoms with van der Waals surface area (Å²) in [4.78, 5) is 19.5. The van der Waals surface area contributed by atoms with Gasteiger partial charge in [0.05, 0.1) is 24.9 Å². The zero-order valence-corrected chi connectivity index (χ0v) is 21.6. The number of hydrogen-bond acceptors (Lipinski definition) is 4. The van der Waals surface area contributed by atoms with Crippen molar-refractivity contribution in [3.8, 4) is 11.4 Å². The standard InChI is InChI=1S/C29H29N5O2S/c1-20-11-16-25(34(20)22-12-14-23(36-2)15-13-22)28-27(24-10-6-7-18-30-24)32-29(37)33(28)19-17-26(35)31-21-8-4-3-5-9-21/h3-16,18,27-28H,17,19H2,1-2H3,(H,31,35)(H,32,37)/t27-,28-/m0/s1. The molecule has 8 heteroatoms. The second-order valence-corrected chi connectivity index (χ2v) is 9.30. The first kappa shape index (κ1) is 24.5. The lowest BCUT2D eigenvalue weighted by atomic mass is 10.0. The maximum Gasteiger partial charge on any atom is 0.226 e. The molecule has 3 heterocycles. The lowest BCUT2D eigenvalue weighted by Gasteiger charge is -2.29. The van der Waals surface area contributed by atoms with Crippen molar-refractivity contribution in [3.05, 3.63) is 108 Å². The molecule has 0 unspecified atom stereocenters. The molecule has 5 rings (SSSR count). The van der Waals surface area contributed by atoms with E-state index in [-0.39, 0.29) is 18.0 Å². The fraction of sp³-hybridized carbons (Fsp3) is 0.207. The van der Waals surface area contributed by atoms with Crippen LogP contribution in [-0.4, -0.2) is 39.1 Å². The molecule has 2 N–H and O–H groups in total. The normalized spacial score (nSPS) is 16.9. The van der Waals surface area contributed by atoms with Crippen LogP contribution in [0.25, 0.3) is 5.69 Å². The van der Waals surface area contributed by atoms with E-state index in [2.05, 4.69) is 44.1 Å². The number of ether oxygens (including phenoxy) is 1. The molecule has 4 aromatic rings. The molecule has 1 aliphatic rings. The van der Waals surface area contributed by atoms with Crippen molar-refractivity contribution in [1.29, 1.82) is 0 Å². The minimum atomic E-state index is -0.169. The van der Waals surface area contributed by atoms with Crippen molar-refractivity contribution >= 4 is 28.9 Å². The van der Waals surface area contributed by atoms with Gasteiger partial charge >= 0.3 is 0 Å². The highest BCUT2D eigenvalue weighted by Gasteiger charge is 2.41. The van der Waals surface area contributed by atoms with Gasteiger partial charge in [0.25, 0.3) is 0 Å². The molecule has 0 aliphatic carbocycles. The fourth-order valence-electron chi connectivity index (χ4n) is 4.81. The molecule has 188 valence electrons. The number of para-hydroxylation sites is 1. The van der Waals surface area contributed by atoms with Crippen molar-refractivity contribution in [2.45, 2.75) is 25.4 Å². The number of pyridine rings is 1. The maximum absolute atomic E-state index is 12.8. The summed E-state index contributed by atoms with van der Waals surface area (Å²) in [7, 11) is 1.66. The summed E-state index contributed by atoms with van der Waals surface area (Å²) in [6, 6.07) is 27.3. The lowest BCUT2D eigenvalue weighted by Crippen LogP contribution is -2.33. The quantitative estimate of drug-likeness (QED) is 0.317. The van der Waals surface area contributed by atoms with Crippen molar-refractivity contribution in [3.63, 3.8) is 0 Å². The van der Waals surface area contributed by atoms with Gasteiger partial charge in [-0.2, -0.15) is 0 Å². The highest BCUT2D eigenvalue weighted by Crippen LogP contribution is 2.40. The number of thiocarbonyl (C=S) groups is 1. The second kappa shape index (κ2) is 10.8. The lowest BCUT2D eigenvalue weighted by molar-refractivity contribution is -0.116. The highest BCUT2D eigenvalue weighted by atomic mass is 32.1. The van der Waals surface area contributed by atoms with Gasteiger partial charge in [0.1, 0.15) is 5.75 Å². The van der Waals surface area contributed by atoms with Crippen LogP contribution < -0.4 is 15.4 Å². The van der Waals surface area contributed by atoms with Crippen LogP contribution in [0.3, 0.4) is 0 Å². The fourth-order valence-corrected chi connectivity index (χ4v) is 5.14. The Hall–Kier alpha value is -4.17. The molecule has 1 aliphatic heterocycles. The Morgan fingerprint density at radius 3 is 2.49 bits per heavy atom. The van der Waals surface area contributed by atoms with E-state index in [0.717, 1.165) is 34.2 Å². The van der Waals surface area contributed by atoms with E-state index in [1.165, 1.54) is 0 Å². The zero-order valence-electron chi connectivity index (χ0n) is 20.8. The third-order valence-corrected chi connectivity index (χ3v) is 6.93. The zero-order chi connectivity index (χ0) is 25.8. The average molecular weight is 512 g/mol. The Kier molecular flexibility index (Phi) is 7.18. The van der Waals surface area contributed by atoms with Gasteiger partial charge in [-0.25, -0.2) is 0 Å². The molecular formula is C29H29N5O2S. The molecule has 1 saturated heterocycles. The Morgan fingerprint density at radius 2 is 1.78 bits per heavy atom. The number of methoxy groups -OCH3 is 1. The van der Waals surface area contributed by atoms with Gasteiger partial charge in [0.15, 0.2) is 5.11 Å². The number of benzene rings is 2. The molecule has 0 bridgehead atoms. The first-order valence-corrected chi connectivity index (χ1v) is 12.6. The first-order valence-electron chi connectivity index (χ1n) is 12.2. The van der Waals surface area contributed by atoms with E-state index < -0.39 is 0 Å². The van der Waals surface area contributed by atoms with Gasteiger partial charge in [0.2, 0.25) is 5.91 Å². The van der Waals surface area contributed by atoms with E-state index in [0.29, 0.717) is 18.1 Å². The molecular weight excluding hydrogens is 482 g/mol. The molecule has 2 atom stereocenters. The van der Waals surface area contributed by atoms with Gasteiger partial charge in [-0.3, -0.25) is 9.78 Å². The molecule has 1 fully saturated rings. The molecule has 1 amide bonds. The smallest absolute Gasteiger partial charge is 0.226 e. The summed E-state index contributed by atoms with van der Waals surface area (Å²) in [5.74, 6) is 0.743. The number of nitrogens with zero attached hydrogens (tertiary/aromatic N) is 3. The van der Waals surface area contributed by atoms with Gasteiger partial charge in [-0.1, -0.05) is 24.3 Å². The number of carbonyl (C=O) groups is 1. The summed E-state index contributed by atoms with van der Waals surface area (Å²) in [5.41, 5.74) is 4.86. The number of nitrogens with one attached hydrogen (secondary N) is 2. The first-order chi connectivity index (χ1) is 18.0. The maximum atomic E-state index is 12.8. The van der Waals surface area contributed by atoms with Gasteiger partial charge in [-0.15, -0.1) is 0 Å². The molecule has 0 saturated carbocycles. The molecule has 0 spiro atoms. The van der Waals surface area contributed by atoms with Crippen LogP contribution in [0.5, 0.6) is 5.75 Å². The average Bonchev–Trinajstić information content (AvgIpc) is 3.47. The number of carbonyl (C=O) groups excluding carboxylic acids is 1. The Balaban J connectivity index is 1.48. The van der Waals surface area contributed by atoms with Crippen LogP contribution >= 0.6 is 12.2 Å². The summed E-state index contributed by atoms with van der Waals surface area (Å²) < 4.78 is 7.59. The van der Waals surface area contributed by atoms with E-state index in [1.807, 2.05) is 72.8 Å². The SMILES string of the molecule is COc1ccc(-n2c(C)ccc2[C@H]2[C@H](c3ccccn3)NC(=S)N2CCC(=O)Nc2ccccc2)cc1. The van der Waals surface area contributed by atoms with Gasteiger partial charge in [-0.05, 0) is 79.8 Å². The molecule has 37 heavy (non-hydrogen) atoms. The number of amides is 1. The number of aromatic nitrogens is 2. The van der Waals surface area contributed by atoms with Gasteiger partial charge in [0, 0.05) is 41.9 Å². The summed E-state index contributed by atoms with van der Waals surface area (Å²) in [5, 5.41) is 7.05. The largest absolute Gasteiger partial charge is 0.497 e. The Morgan fingerprint density at radius 1 is 1.03 bits per heavy atom. The van der Waals surface area contributed by atoms with E-state index in [9.17, 15) is 4.79 Å². The number of hydrogen-bond donors (Lipinski definition) is 2. The van der Waals surface area contributed by atoms with Crippen LogP contribution in [0, 0.1) is 6.92 Å². The van der Waals surface area contributed by atoms with Crippen LogP contribution in [0.4, 0.5) is 5.69 Å². The molecule has 2 aromatic heterocycles. The third kappa shape index (κ3) is 5.20. The minimum absolute atomic E-state index is 0.0595. The Bertz CT molecular complexity index is 1370. The topological polar surface area (TPSA) is 71.4 Å². The highest BCUT2D eigenvalue weighted by molar-refractivity contribution is 7.80. The van der Waals surface area contributed by atoms with E-state index in [1.54, 1.807) is 13.3 Å². The number of rotatable bonds is 8. The van der Waals surface area contributed by atoms with Crippen molar-refractivity contribution in [2.75, 3.05) is 19.0 Å². The summed E-state index contributed by atoms with van der Waals surface area (Å²) in [6.45, 7) is 2.55. The summed E-state index contributed by atoms with van der Waals surface area (Å²) >= 11 is 5.81. The van der Waals surface area contributed by atoms with Crippen LogP contribution in [-0.2, 0) is 4.79 Å². The molecule has 0 radical (unpaired) electrons. The Labute approximate surface area is 222 Å². The monoisotopic (exact) mass is 511 g/mol. The van der Waals surface area contributed by atoms with Crippen molar-refractivity contribution in [1.82, 2.24) is 19.8 Å². The number of anilines is 1. The molecule has 2 aromatic carbocycles. The van der Waals surface area contributed by atoms with Crippen molar-refractivity contribution < 1.29 is 9.53 Å². The predicted octanol–water partition coefficient (Wildman–Crippen LogP) is 5.19. The predicted molar refractivity (Wildman–Crippen MR) is 149 cm³/mol. The van der Waals surface area contributed by atoms with Crippen LogP contribution in [0.2, 0.25) is 0 Å². The van der Waals surface area contributed by atoms with Crippen LogP contribution in [0.1, 0.15) is 35.6 Å². The van der Waals surface area contributed by atoms with Gasteiger partial charge < -0.3 is 24.8 Å². The molecule has 7 nitrogen and oxygen atoms in total. The van der Waals surface area contributed by atoms with Crippen molar-refractivity contribution in [2.24, 2.45) is 0 Å².